The third-order valence-electron chi connectivity index (χ3n) is 7.96. The molecule has 1 fully saturated rings. The van der Waals surface area contributed by atoms with E-state index in [-0.39, 0.29) is 18.3 Å². The van der Waals surface area contributed by atoms with Crippen LogP contribution in [0.4, 0.5) is 0 Å². The van der Waals surface area contributed by atoms with Gasteiger partial charge in [-0.05, 0) is 74.8 Å². The van der Waals surface area contributed by atoms with Gasteiger partial charge in [-0.25, -0.2) is 0 Å². The molecule has 0 spiro atoms. The Morgan fingerprint density at radius 1 is 0.800 bits per heavy atom. The number of hydrogen-bond donors (Lipinski definition) is 0. The standard InChI is InChI=1S/C30H38BNO2S/c1-6-7-8-9-10-11-18-32-26-16-14-22(28-13-12-19-35-28)20-24(26)25-21-23(15-17-27(25)32)31-33-29(2,3)30(4,5)34-31/h12-17,19-21H,6-11,18H2,1-5H3. The first-order valence-corrected chi connectivity index (χ1v) is 14.1. The van der Waals surface area contributed by atoms with Crippen molar-refractivity contribution in [3.05, 3.63) is 53.9 Å². The molecule has 0 bridgehead atoms. The molecule has 1 saturated heterocycles. The molecule has 0 saturated carbocycles. The third kappa shape index (κ3) is 4.71. The zero-order valence-electron chi connectivity index (χ0n) is 21.9. The van der Waals surface area contributed by atoms with Gasteiger partial charge < -0.3 is 13.9 Å². The zero-order valence-corrected chi connectivity index (χ0v) is 22.7. The second-order valence-electron chi connectivity index (χ2n) is 11.0. The van der Waals surface area contributed by atoms with E-state index >= 15 is 0 Å². The lowest BCUT2D eigenvalue weighted by Crippen LogP contribution is -2.41. The lowest BCUT2D eigenvalue weighted by Gasteiger charge is -2.32. The van der Waals surface area contributed by atoms with Crippen molar-refractivity contribution in [2.24, 2.45) is 0 Å². The molecule has 0 amide bonds. The number of thiophene rings is 1. The summed E-state index contributed by atoms with van der Waals surface area (Å²) in [5.74, 6) is 0. The Hall–Kier alpha value is -2.08. The monoisotopic (exact) mass is 487 g/mol. The van der Waals surface area contributed by atoms with Gasteiger partial charge in [0.2, 0.25) is 0 Å². The number of fused-ring (bicyclic) bond motifs is 3. The third-order valence-corrected chi connectivity index (χ3v) is 8.87. The van der Waals surface area contributed by atoms with Gasteiger partial charge in [-0.2, -0.15) is 0 Å². The van der Waals surface area contributed by atoms with Crippen molar-refractivity contribution in [3.8, 4) is 10.4 Å². The summed E-state index contributed by atoms with van der Waals surface area (Å²) in [4.78, 5) is 1.31. The van der Waals surface area contributed by atoms with Crippen LogP contribution in [0.15, 0.2) is 53.9 Å². The van der Waals surface area contributed by atoms with Gasteiger partial charge in [-0.3, -0.25) is 0 Å². The van der Waals surface area contributed by atoms with E-state index in [9.17, 15) is 0 Å². The van der Waals surface area contributed by atoms with Gasteiger partial charge in [0.25, 0.3) is 0 Å². The number of unbranched alkanes of at least 4 members (excludes halogenated alkanes) is 5. The predicted octanol–water partition coefficient (Wildman–Crippen LogP) is 8.18. The largest absolute Gasteiger partial charge is 0.494 e. The summed E-state index contributed by atoms with van der Waals surface area (Å²) in [6.45, 7) is 11.8. The Balaban J connectivity index is 1.53. The van der Waals surface area contributed by atoms with Gasteiger partial charge in [-0.15, -0.1) is 11.3 Å². The van der Waals surface area contributed by atoms with Crippen LogP contribution in [0, 0.1) is 0 Å². The molecule has 2 aromatic heterocycles. The summed E-state index contributed by atoms with van der Waals surface area (Å²) in [5.41, 5.74) is 4.32. The van der Waals surface area contributed by atoms with Gasteiger partial charge in [0.1, 0.15) is 0 Å². The summed E-state index contributed by atoms with van der Waals surface area (Å²) in [6, 6.07) is 18.1. The van der Waals surface area contributed by atoms with Crippen molar-refractivity contribution < 1.29 is 9.31 Å². The molecule has 5 heteroatoms. The van der Waals surface area contributed by atoms with E-state index in [2.05, 4.69) is 93.1 Å². The molecule has 5 rings (SSSR count). The number of hydrogen-bond acceptors (Lipinski definition) is 3. The van der Waals surface area contributed by atoms with E-state index in [1.807, 2.05) is 0 Å². The van der Waals surface area contributed by atoms with Crippen molar-refractivity contribution in [1.82, 2.24) is 4.57 Å². The van der Waals surface area contributed by atoms with E-state index in [1.165, 1.54) is 70.8 Å². The van der Waals surface area contributed by atoms with E-state index in [1.54, 1.807) is 11.3 Å². The Labute approximate surface area is 214 Å². The molecule has 2 aromatic carbocycles. The molecule has 4 aromatic rings. The molecule has 1 aliphatic rings. The molecule has 0 radical (unpaired) electrons. The van der Waals surface area contributed by atoms with Crippen molar-refractivity contribution in [2.75, 3.05) is 0 Å². The van der Waals surface area contributed by atoms with Gasteiger partial charge in [0, 0.05) is 33.2 Å². The lowest BCUT2D eigenvalue weighted by atomic mass is 9.78. The first kappa shape index (κ1) is 24.6. The average molecular weight is 488 g/mol. The molecule has 0 unspecified atom stereocenters. The zero-order chi connectivity index (χ0) is 24.6. The summed E-state index contributed by atoms with van der Waals surface area (Å²) in [5, 5.41) is 4.75. The first-order chi connectivity index (χ1) is 16.8. The Kier molecular flexibility index (Phi) is 6.86. The van der Waals surface area contributed by atoms with E-state index in [4.69, 9.17) is 9.31 Å². The van der Waals surface area contributed by atoms with Crippen molar-refractivity contribution >= 4 is 45.7 Å². The molecule has 3 nitrogen and oxygen atoms in total. The number of aryl methyl sites for hydroxylation is 1. The maximum absolute atomic E-state index is 6.38. The molecule has 0 aliphatic carbocycles. The highest BCUT2D eigenvalue weighted by Crippen LogP contribution is 2.38. The predicted molar refractivity (Wildman–Crippen MR) is 152 cm³/mol. The first-order valence-electron chi connectivity index (χ1n) is 13.3. The van der Waals surface area contributed by atoms with Crippen LogP contribution >= 0.6 is 11.3 Å². The molecule has 184 valence electrons. The minimum Gasteiger partial charge on any atom is -0.399 e. The van der Waals surface area contributed by atoms with Crippen LogP contribution in [0.3, 0.4) is 0 Å². The highest BCUT2D eigenvalue weighted by molar-refractivity contribution is 7.13. The van der Waals surface area contributed by atoms with E-state index < -0.39 is 0 Å². The normalized spacial score (nSPS) is 17.1. The minimum absolute atomic E-state index is 0.343. The van der Waals surface area contributed by atoms with Gasteiger partial charge in [0.05, 0.1) is 11.2 Å². The number of benzene rings is 2. The number of nitrogens with zero attached hydrogens (tertiary/aromatic N) is 1. The minimum atomic E-state index is -0.346. The highest BCUT2D eigenvalue weighted by Gasteiger charge is 2.51. The van der Waals surface area contributed by atoms with Crippen LogP contribution in [0.2, 0.25) is 0 Å². The molecule has 0 atom stereocenters. The Morgan fingerprint density at radius 2 is 1.46 bits per heavy atom. The second kappa shape index (κ2) is 9.76. The van der Waals surface area contributed by atoms with Crippen LogP contribution in [0.25, 0.3) is 32.2 Å². The Bertz CT molecular complexity index is 1290. The van der Waals surface area contributed by atoms with Gasteiger partial charge in [0.15, 0.2) is 0 Å². The van der Waals surface area contributed by atoms with Gasteiger partial charge >= 0.3 is 7.12 Å². The van der Waals surface area contributed by atoms with Crippen LogP contribution < -0.4 is 5.46 Å². The topological polar surface area (TPSA) is 23.4 Å². The quantitative estimate of drug-likeness (QED) is 0.176. The van der Waals surface area contributed by atoms with Crippen LogP contribution in [-0.2, 0) is 15.9 Å². The second-order valence-corrected chi connectivity index (χ2v) is 11.9. The average Bonchev–Trinajstić information content (AvgIpc) is 3.52. The highest BCUT2D eigenvalue weighted by atomic mass is 32.1. The van der Waals surface area contributed by atoms with Crippen LogP contribution in [-0.4, -0.2) is 22.9 Å². The van der Waals surface area contributed by atoms with Crippen LogP contribution in [0.5, 0.6) is 0 Å². The molecule has 0 N–H and O–H groups in total. The van der Waals surface area contributed by atoms with Crippen molar-refractivity contribution in [2.45, 2.75) is 90.9 Å². The van der Waals surface area contributed by atoms with E-state index in [0.717, 1.165) is 12.0 Å². The maximum atomic E-state index is 6.38. The number of aromatic nitrogens is 1. The fourth-order valence-electron chi connectivity index (χ4n) is 5.13. The van der Waals surface area contributed by atoms with Crippen molar-refractivity contribution in [1.29, 1.82) is 0 Å². The summed E-state index contributed by atoms with van der Waals surface area (Å²) >= 11 is 1.80. The SMILES string of the molecule is CCCCCCCCn1c2ccc(B3OC(C)(C)C(C)(C)O3)cc2c2cc(-c3cccs3)ccc21. The fourth-order valence-corrected chi connectivity index (χ4v) is 5.86. The van der Waals surface area contributed by atoms with E-state index in [0.29, 0.717) is 0 Å². The lowest BCUT2D eigenvalue weighted by molar-refractivity contribution is 0.00578. The maximum Gasteiger partial charge on any atom is 0.494 e. The summed E-state index contributed by atoms with van der Waals surface area (Å²) in [6.07, 6.45) is 7.84. The van der Waals surface area contributed by atoms with Gasteiger partial charge in [-0.1, -0.05) is 63.3 Å². The van der Waals surface area contributed by atoms with Crippen LogP contribution in [0.1, 0.15) is 73.1 Å². The fraction of sp³-hybridized carbons (Fsp3) is 0.467. The summed E-state index contributed by atoms with van der Waals surface area (Å²) < 4.78 is 15.3. The molecular weight excluding hydrogens is 449 g/mol. The Morgan fingerprint density at radius 3 is 2.14 bits per heavy atom. The molecule has 3 heterocycles. The molecular formula is C30H38BNO2S. The van der Waals surface area contributed by atoms with Crippen molar-refractivity contribution in [3.63, 3.8) is 0 Å². The number of rotatable bonds is 9. The smallest absolute Gasteiger partial charge is 0.399 e. The molecule has 1 aliphatic heterocycles. The molecule has 35 heavy (non-hydrogen) atoms. The summed E-state index contributed by atoms with van der Waals surface area (Å²) in [7, 11) is -0.346.